The van der Waals surface area contributed by atoms with Crippen LogP contribution in [-0.2, 0) is 9.59 Å². The number of amides is 1. The number of hydrogen-bond donors (Lipinski definition) is 2. The first-order valence-electron chi connectivity index (χ1n) is 6.93. The van der Waals surface area contributed by atoms with E-state index in [1.807, 2.05) is 25.1 Å². The SMILES string of the molecule is Cc1ccc(/C=C/C(=O)N[C@H]2CC[C@@H](C(=O)O)C2)c(Br)c1. The Labute approximate surface area is 132 Å². The van der Waals surface area contributed by atoms with E-state index >= 15 is 0 Å². The standard InChI is InChI=1S/C16H18BrNO3/c1-10-2-3-11(14(17)8-10)5-7-15(19)18-13-6-4-12(9-13)16(20)21/h2-3,5,7-8,12-13H,4,6,9H2,1H3,(H,18,19)(H,20,21)/b7-5+/t12-,13+/m1/s1. The third-order valence-corrected chi connectivity index (χ3v) is 4.39. The van der Waals surface area contributed by atoms with Gasteiger partial charge in [0.1, 0.15) is 0 Å². The lowest BCUT2D eigenvalue weighted by Crippen LogP contribution is -2.31. The zero-order valence-corrected chi connectivity index (χ0v) is 13.4. The van der Waals surface area contributed by atoms with Crippen LogP contribution in [0.15, 0.2) is 28.7 Å². The Morgan fingerprint density at radius 2 is 2.14 bits per heavy atom. The molecule has 4 nitrogen and oxygen atoms in total. The van der Waals surface area contributed by atoms with Crippen molar-refractivity contribution in [2.75, 3.05) is 0 Å². The zero-order valence-electron chi connectivity index (χ0n) is 11.8. The van der Waals surface area contributed by atoms with E-state index in [1.165, 1.54) is 6.08 Å². The topological polar surface area (TPSA) is 66.4 Å². The molecule has 5 heteroatoms. The monoisotopic (exact) mass is 351 g/mol. The molecule has 1 aromatic rings. The summed E-state index contributed by atoms with van der Waals surface area (Å²) in [5.41, 5.74) is 2.08. The van der Waals surface area contributed by atoms with Gasteiger partial charge in [-0.25, -0.2) is 0 Å². The normalized spacial score (nSPS) is 21.6. The minimum absolute atomic E-state index is 0.0373. The Kier molecular flexibility index (Phi) is 5.17. The minimum atomic E-state index is -0.772. The van der Waals surface area contributed by atoms with Gasteiger partial charge in [-0.3, -0.25) is 9.59 Å². The molecule has 2 atom stereocenters. The number of carbonyl (C=O) groups is 2. The molecular formula is C16H18BrNO3. The molecule has 1 fully saturated rings. The van der Waals surface area contributed by atoms with Crippen molar-refractivity contribution in [2.24, 2.45) is 5.92 Å². The Morgan fingerprint density at radius 3 is 2.76 bits per heavy atom. The molecular weight excluding hydrogens is 334 g/mol. The second-order valence-electron chi connectivity index (χ2n) is 5.41. The molecule has 1 aliphatic carbocycles. The quantitative estimate of drug-likeness (QED) is 0.819. The largest absolute Gasteiger partial charge is 0.481 e. The minimum Gasteiger partial charge on any atom is -0.481 e. The molecule has 0 unspecified atom stereocenters. The molecule has 1 saturated carbocycles. The van der Waals surface area contributed by atoms with Crippen LogP contribution in [0.2, 0.25) is 0 Å². The van der Waals surface area contributed by atoms with Crippen molar-refractivity contribution in [3.63, 3.8) is 0 Å². The zero-order chi connectivity index (χ0) is 15.4. The van der Waals surface area contributed by atoms with Gasteiger partial charge in [-0.15, -0.1) is 0 Å². The first-order chi connectivity index (χ1) is 9.95. The molecule has 21 heavy (non-hydrogen) atoms. The molecule has 1 aliphatic rings. The number of rotatable bonds is 4. The van der Waals surface area contributed by atoms with E-state index in [2.05, 4.69) is 21.2 Å². The number of benzene rings is 1. The highest BCUT2D eigenvalue weighted by Crippen LogP contribution is 2.25. The number of halogens is 1. The Hall–Kier alpha value is -1.62. The number of aryl methyl sites for hydroxylation is 1. The summed E-state index contributed by atoms with van der Waals surface area (Å²) in [7, 11) is 0. The van der Waals surface area contributed by atoms with Crippen LogP contribution in [0.1, 0.15) is 30.4 Å². The fourth-order valence-electron chi connectivity index (χ4n) is 2.52. The van der Waals surface area contributed by atoms with Gasteiger partial charge >= 0.3 is 5.97 Å². The van der Waals surface area contributed by atoms with Crippen LogP contribution < -0.4 is 5.32 Å². The maximum atomic E-state index is 11.9. The number of nitrogens with one attached hydrogen (secondary N) is 1. The van der Waals surface area contributed by atoms with Crippen LogP contribution in [0.3, 0.4) is 0 Å². The Balaban J connectivity index is 1.90. The van der Waals surface area contributed by atoms with Crippen molar-refractivity contribution in [3.8, 4) is 0 Å². The predicted octanol–water partition coefficient (Wildman–Crippen LogP) is 3.14. The third kappa shape index (κ3) is 4.43. The van der Waals surface area contributed by atoms with E-state index in [4.69, 9.17) is 5.11 Å². The van der Waals surface area contributed by atoms with E-state index < -0.39 is 5.97 Å². The number of carbonyl (C=O) groups excluding carboxylic acids is 1. The van der Waals surface area contributed by atoms with E-state index in [-0.39, 0.29) is 17.9 Å². The number of hydrogen-bond acceptors (Lipinski definition) is 2. The molecule has 0 aromatic heterocycles. The molecule has 2 rings (SSSR count). The van der Waals surface area contributed by atoms with Crippen molar-refractivity contribution in [1.29, 1.82) is 0 Å². The lowest BCUT2D eigenvalue weighted by atomic mass is 10.1. The van der Waals surface area contributed by atoms with Gasteiger partial charge in [0.2, 0.25) is 5.91 Å². The molecule has 0 saturated heterocycles. The van der Waals surface area contributed by atoms with Crippen LogP contribution in [0.5, 0.6) is 0 Å². The molecule has 1 aromatic carbocycles. The average Bonchev–Trinajstić information content (AvgIpc) is 2.86. The van der Waals surface area contributed by atoms with Crippen molar-refractivity contribution in [3.05, 3.63) is 39.9 Å². The van der Waals surface area contributed by atoms with Crippen molar-refractivity contribution in [2.45, 2.75) is 32.2 Å². The van der Waals surface area contributed by atoms with Gasteiger partial charge in [-0.05, 0) is 49.5 Å². The van der Waals surface area contributed by atoms with E-state index in [9.17, 15) is 9.59 Å². The summed E-state index contributed by atoms with van der Waals surface area (Å²) in [5.74, 6) is -1.28. The first-order valence-corrected chi connectivity index (χ1v) is 7.72. The number of carboxylic acid groups (broad SMARTS) is 1. The molecule has 0 radical (unpaired) electrons. The molecule has 0 spiro atoms. The lowest BCUT2D eigenvalue weighted by Gasteiger charge is -2.10. The average molecular weight is 352 g/mol. The Morgan fingerprint density at radius 1 is 1.38 bits per heavy atom. The third-order valence-electron chi connectivity index (χ3n) is 3.70. The fourth-order valence-corrected chi connectivity index (χ4v) is 3.14. The van der Waals surface area contributed by atoms with Gasteiger partial charge < -0.3 is 10.4 Å². The van der Waals surface area contributed by atoms with Gasteiger partial charge in [-0.2, -0.15) is 0 Å². The van der Waals surface area contributed by atoms with Crippen LogP contribution in [0.4, 0.5) is 0 Å². The second-order valence-corrected chi connectivity index (χ2v) is 6.27. The number of aliphatic carboxylic acids is 1. The number of carboxylic acids is 1. The molecule has 1 amide bonds. The summed E-state index contributed by atoms with van der Waals surface area (Å²) in [6.45, 7) is 2.00. The Bertz CT molecular complexity index is 583. The van der Waals surface area contributed by atoms with Crippen LogP contribution in [-0.4, -0.2) is 23.0 Å². The molecule has 0 aliphatic heterocycles. The van der Waals surface area contributed by atoms with E-state index in [0.717, 1.165) is 22.0 Å². The van der Waals surface area contributed by atoms with E-state index in [0.29, 0.717) is 12.8 Å². The second kappa shape index (κ2) is 6.89. The first kappa shape index (κ1) is 15.8. The molecule has 0 bridgehead atoms. The highest BCUT2D eigenvalue weighted by Gasteiger charge is 2.30. The summed E-state index contributed by atoms with van der Waals surface area (Å²) < 4.78 is 0.943. The van der Waals surface area contributed by atoms with E-state index in [1.54, 1.807) is 6.08 Å². The maximum absolute atomic E-state index is 11.9. The van der Waals surface area contributed by atoms with Gasteiger partial charge in [0.25, 0.3) is 0 Å². The van der Waals surface area contributed by atoms with Crippen molar-refractivity contribution in [1.82, 2.24) is 5.32 Å². The van der Waals surface area contributed by atoms with Gasteiger partial charge in [0.05, 0.1) is 5.92 Å². The molecule has 2 N–H and O–H groups in total. The van der Waals surface area contributed by atoms with Gasteiger partial charge in [0, 0.05) is 16.6 Å². The molecule has 112 valence electrons. The van der Waals surface area contributed by atoms with Crippen molar-refractivity contribution >= 4 is 33.9 Å². The summed E-state index contributed by atoms with van der Waals surface area (Å²) in [4.78, 5) is 22.7. The van der Waals surface area contributed by atoms with Gasteiger partial charge in [-0.1, -0.05) is 28.1 Å². The summed E-state index contributed by atoms with van der Waals surface area (Å²) in [5, 5.41) is 11.8. The highest BCUT2D eigenvalue weighted by molar-refractivity contribution is 9.10. The van der Waals surface area contributed by atoms with Crippen LogP contribution >= 0.6 is 15.9 Å². The van der Waals surface area contributed by atoms with Crippen LogP contribution in [0, 0.1) is 12.8 Å². The lowest BCUT2D eigenvalue weighted by molar-refractivity contribution is -0.141. The summed E-state index contributed by atoms with van der Waals surface area (Å²) in [6, 6.07) is 5.88. The highest BCUT2D eigenvalue weighted by atomic mass is 79.9. The van der Waals surface area contributed by atoms with Crippen molar-refractivity contribution < 1.29 is 14.7 Å². The predicted molar refractivity (Wildman–Crippen MR) is 84.8 cm³/mol. The summed E-state index contributed by atoms with van der Waals surface area (Å²) >= 11 is 3.46. The summed E-state index contributed by atoms with van der Waals surface area (Å²) in [6.07, 6.45) is 5.12. The fraction of sp³-hybridized carbons (Fsp3) is 0.375. The smallest absolute Gasteiger partial charge is 0.306 e. The van der Waals surface area contributed by atoms with Crippen LogP contribution in [0.25, 0.3) is 6.08 Å². The van der Waals surface area contributed by atoms with Gasteiger partial charge in [0.15, 0.2) is 0 Å². The maximum Gasteiger partial charge on any atom is 0.306 e. The molecule has 0 heterocycles.